The zero-order valence-corrected chi connectivity index (χ0v) is 7.53. The Balaban J connectivity index is 2.29. The second kappa shape index (κ2) is 3.21. The molecule has 2 rings (SSSR count). The second-order valence-electron chi connectivity index (χ2n) is 3.46. The highest BCUT2D eigenvalue weighted by Crippen LogP contribution is 2.27. The third kappa shape index (κ3) is 1.51. The van der Waals surface area contributed by atoms with Crippen LogP contribution in [0.4, 0.5) is 5.69 Å². The van der Waals surface area contributed by atoms with Crippen LogP contribution in [-0.4, -0.2) is 22.7 Å². The number of carboxylic acid groups (broad SMARTS) is 1. The lowest BCUT2D eigenvalue weighted by Gasteiger charge is -2.23. The highest BCUT2D eigenvalue weighted by Gasteiger charge is 2.23. The molecule has 0 fully saturated rings. The van der Waals surface area contributed by atoms with E-state index >= 15 is 0 Å². The first-order valence-electron chi connectivity index (χ1n) is 4.45. The quantitative estimate of drug-likeness (QED) is 0.583. The zero-order valence-electron chi connectivity index (χ0n) is 7.53. The van der Waals surface area contributed by atoms with Crippen LogP contribution in [0.3, 0.4) is 0 Å². The number of carboxylic acids is 1. The fraction of sp³-hybridized carbons (Fsp3) is 0.300. The Morgan fingerprint density at radius 3 is 3.00 bits per heavy atom. The van der Waals surface area contributed by atoms with E-state index in [-0.39, 0.29) is 5.75 Å². The van der Waals surface area contributed by atoms with Crippen molar-refractivity contribution in [3.63, 3.8) is 0 Å². The summed E-state index contributed by atoms with van der Waals surface area (Å²) in [6.45, 7) is 0.451. The Bertz CT molecular complexity index is 376. The first-order valence-corrected chi connectivity index (χ1v) is 4.45. The van der Waals surface area contributed by atoms with Crippen molar-refractivity contribution in [1.29, 1.82) is 0 Å². The van der Waals surface area contributed by atoms with Gasteiger partial charge in [-0.1, -0.05) is 0 Å². The lowest BCUT2D eigenvalue weighted by atomic mass is 9.94. The van der Waals surface area contributed by atoms with Gasteiger partial charge in [0.05, 0.1) is 5.92 Å². The predicted molar refractivity (Wildman–Crippen MR) is 51.4 cm³/mol. The average Bonchev–Trinajstić information content (AvgIpc) is 2.16. The number of nitrogens with one attached hydrogen (secondary N) is 1. The summed E-state index contributed by atoms with van der Waals surface area (Å²) in [5.41, 5.74) is 1.78. The van der Waals surface area contributed by atoms with Crippen LogP contribution in [0.15, 0.2) is 18.2 Å². The fourth-order valence-electron chi connectivity index (χ4n) is 1.67. The van der Waals surface area contributed by atoms with Crippen molar-refractivity contribution in [2.24, 2.45) is 5.92 Å². The Hall–Kier alpha value is -1.71. The molecule has 0 aromatic heterocycles. The minimum absolute atomic E-state index is 0.177. The number of aliphatic carboxylic acids is 1. The molecule has 0 saturated heterocycles. The number of hydrogen-bond acceptors (Lipinski definition) is 3. The van der Waals surface area contributed by atoms with Crippen molar-refractivity contribution in [2.45, 2.75) is 6.42 Å². The number of phenolic OH excluding ortho intramolecular Hbond substituents is 1. The molecular formula is C10H11NO3. The van der Waals surface area contributed by atoms with Crippen molar-refractivity contribution in [3.05, 3.63) is 23.8 Å². The number of carbonyl (C=O) groups is 1. The van der Waals surface area contributed by atoms with E-state index in [4.69, 9.17) is 5.11 Å². The van der Waals surface area contributed by atoms with Crippen LogP contribution in [-0.2, 0) is 11.2 Å². The average molecular weight is 193 g/mol. The van der Waals surface area contributed by atoms with Gasteiger partial charge in [0.2, 0.25) is 0 Å². The number of benzene rings is 1. The third-order valence-electron chi connectivity index (χ3n) is 2.44. The number of rotatable bonds is 1. The summed E-state index contributed by atoms with van der Waals surface area (Å²) in [5.74, 6) is -1.02. The van der Waals surface area contributed by atoms with Crippen LogP contribution in [0.2, 0.25) is 0 Å². The van der Waals surface area contributed by atoms with E-state index in [0.29, 0.717) is 13.0 Å². The van der Waals surface area contributed by atoms with Crippen molar-refractivity contribution in [1.82, 2.24) is 0 Å². The Morgan fingerprint density at radius 2 is 2.29 bits per heavy atom. The summed E-state index contributed by atoms with van der Waals surface area (Å²) in [7, 11) is 0. The summed E-state index contributed by atoms with van der Waals surface area (Å²) in [5, 5.41) is 21.1. The smallest absolute Gasteiger partial charge is 0.308 e. The molecule has 3 N–H and O–H groups in total. The molecule has 14 heavy (non-hydrogen) atoms. The summed E-state index contributed by atoms with van der Waals surface area (Å²) < 4.78 is 0. The number of hydrogen-bond donors (Lipinski definition) is 3. The summed E-state index contributed by atoms with van der Waals surface area (Å²) >= 11 is 0. The van der Waals surface area contributed by atoms with Crippen LogP contribution < -0.4 is 5.32 Å². The molecule has 1 atom stereocenters. The number of aromatic hydroxyl groups is 1. The molecule has 0 bridgehead atoms. The molecule has 0 aliphatic carbocycles. The van der Waals surface area contributed by atoms with Crippen LogP contribution in [0.5, 0.6) is 5.75 Å². The molecule has 0 saturated carbocycles. The number of anilines is 1. The molecule has 1 aromatic rings. The highest BCUT2D eigenvalue weighted by atomic mass is 16.4. The minimum Gasteiger partial charge on any atom is -0.508 e. The van der Waals surface area contributed by atoms with Crippen LogP contribution in [0.25, 0.3) is 0 Å². The topological polar surface area (TPSA) is 69.6 Å². The van der Waals surface area contributed by atoms with E-state index in [0.717, 1.165) is 11.3 Å². The van der Waals surface area contributed by atoms with Gasteiger partial charge < -0.3 is 15.5 Å². The van der Waals surface area contributed by atoms with E-state index in [1.807, 2.05) is 0 Å². The SMILES string of the molecule is O=C(O)C1CNc2ccc(O)cc2C1. The first kappa shape index (κ1) is 8.87. The maximum Gasteiger partial charge on any atom is 0.308 e. The third-order valence-corrected chi connectivity index (χ3v) is 2.44. The molecule has 0 radical (unpaired) electrons. The summed E-state index contributed by atoms with van der Waals surface area (Å²) in [4.78, 5) is 10.7. The van der Waals surface area contributed by atoms with Crippen LogP contribution in [0, 0.1) is 5.92 Å². The van der Waals surface area contributed by atoms with E-state index in [2.05, 4.69) is 5.32 Å². The monoisotopic (exact) mass is 193 g/mol. The molecule has 0 spiro atoms. The second-order valence-corrected chi connectivity index (χ2v) is 3.46. The molecule has 1 aromatic carbocycles. The summed E-state index contributed by atoms with van der Waals surface area (Å²) in [6.07, 6.45) is 0.478. The van der Waals surface area contributed by atoms with Crippen LogP contribution >= 0.6 is 0 Å². The standard InChI is InChI=1S/C10H11NO3/c12-8-1-2-9-6(4-8)3-7(5-11-9)10(13)14/h1-2,4,7,11-12H,3,5H2,(H,13,14). The lowest BCUT2D eigenvalue weighted by molar-refractivity contribution is -0.141. The van der Waals surface area contributed by atoms with Gasteiger partial charge >= 0.3 is 5.97 Å². The van der Waals surface area contributed by atoms with Crippen molar-refractivity contribution in [2.75, 3.05) is 11.9 Å². The highest BCUT2D eigenvalue weighted by molar-refractivity contribution is 5.73. The van der Waals surface area contributed by atoms with Crippen molar-refractivity contribution >= 4 is 11.7 Å². The maximum absolute atomic E-state index is 10.7. The van der Waals surface area contributed by atoms with Gasteiger partial charge in [-0.05, 0) is 30.2 Å². The van der Waals surface area contributed by atoms with Gasteiger partial charge in [-0.25, -0.2) is 0 Å². The first-order chi connectivity index (χ1) is 6.66. The number of phenols is 1. The van der Waals surface area contributed by atoms with Gasteiger partial charge in [-0.2, -0.15) is 0 Å². The molecular weight excluding hydrogens is 182 g/mol. The molecule has 1 unspecified atom stereocenters. The molecule has 1 aliphatic heterocycles. The molecule has 4 heteroatoms. The lowest BCUT2D eigenvalue weighted by Crippen LogP contribution is -2.29. The Morgan fingerprint density at radius 1 is 1.50 bits per heavy atom. The van der Waals surface area contributed by atoms with E-state index in [9.17, 15) is 9.90 Å². The normalized spacial score (nSPS) is 19.6. The molecule has 4 nitrogen and oxygen atoms in total. The van der Waals surface area contributed by atoms with Gasteiger partial charge in [0, 0.05) is 12.2 Å². The minimum atomic E-state index is -0.800. The molecule has 74 valence electrons. The summed E-state index contributed by atoms with van der Waals surface area (Å²) in [6, 6.07) is 4.97. The molecule has 1 heterocycles. The van der Waals surface area contributed by atoms with Gasteiger partial charge in [-0.15, -0.1) is 0 Å². The van der Waals surface area contributed by atoms with Gasteiger partial charge in [0.25, 0.3) is 0 Å². The van der Waals surface area contributed by atoms with Crippen LogP contribution in [0.1, 0.15) is 5.56 Å². The van der Waals surface area contributed by atoms with Crippen molar-refractivity contribution < 1.29 is 15.0 Å². The fourth-order valence-corrected chi connectivity index (χ4v) is 1.67. The largest absolute Gasteiger partial charge is 0.508 e. The van der Waals surface area contributed by atoms with Crippen molar-refractivity contribution in [3.8, 4) is 5.75 Å². The molecule has 1 aliphatic rings. The van der Waals surface area contributed by atoms with Gasteiger partial charge in [-0.3, -0.25) is 4.79 Å². The predicted octanol–water partition coefficient (Wildman–Crippen LogP) is 1.06. The van der Waals surface area contributed by atoms with E-state index in [1.165, 1.54) is 0 Å². The Kier molecular flexibility index (Phi) is 2.04. The maximum atomic E-state index is 10.7. The Labute approximate surface area is 81.2 Å². The van der Waals surface area contributed by atoms with E-state index < -0.39 is 11.9 Å². The van der Waals surface area contributed by atoms with Gasteiger partial charge in [0.15, 0.2) is 0 Å². The number of fused-ring (bicyclic) bond motifs is 1. The van der Waals surface area contributed by atoms with Gasteiger partial charge in [0.1, 0.15) is 5.75 Å². The zero-order chi connectivity index (χ0) is 10.1. The van der Waals surface area contributed by atoms with E-state index in [1.54, 1.807) is 18.2 Å². The molecule has 0 amide bonds.